The lowest BCUT2D eigenvalue weighted by Crippen LogP contribution is -2.40. The molecule has 10 aromatic rings. The number of thiophene rings is 2. The van der Waals surface area contributed by atoms with Crippen LogP contribution in [-0.4, -0.2) is 7.28 Å². The van der Waals surface area contributed by atoms with Gasteiger partial charge in [0.2, 0.25) is 0 Å². The molecule has 0 saturated heterocycles. The minimum atomic E-state index is -0.0162. The second-order valence-corrected chi connectivity index (χ2v) is 20.6. The van der Waals surface area contributed by atoms with Gasteiger partial charge in [-0.25, -0.2) is 0 Å². The van der Waals surface area contributed by atoms with Gasteiger partial charge in [-0.1, -0.05) is 157 Å². The highest BCUT2D eigenvalue weighted by Gasteiger charge is 2.35. The summed E-state index contributed by atoms with van der Waals surface area (Å²) in [5.74, 6) is 0. The van der Waals surface area contributed by atoms with Gasteiger partial charge in [0, 0.05) is 58.4 Å². The van der Waals surface area contributed by atoms with Crippen LogP contribution in [0.2, 0.25) is 0 Å². The highest BCUT2D eigenvalue weighted by molar-refractivity contribution is 7.26. The first-order valence-corrected chi connectivity index (χ1v) is 22.9. The van der Waals surface area contributed by atoms with Crippen molar-refractivity contribution in [2.24, 2.45) is 0 Å². The minimum Gasteiger partial charge on any atom is -0.355 e. The lowest BCUT2D eigenvalue weighted by Gasteiger charge is -2.36. The first kappa shape index (κ1) is 37.8. The highest BCUT2D eigenvalue weighted by Crippen LogP contribution is 2.51. The van der Waals surface area contributed by atoms with Crippen LogP contribution < -0.4 is 21.1 Å². The Kier molecular flexibility index (Phi) is 8.82. The van der Waals surface area contributed by atoms with Crippen LogP contribution >= 0.6 is 22.7 Å². The van der Waals surface area contributed by atoms with Gasteiger partial charge in [0.25, 0.3) is 0 Å². The minimum absolute atomic E-state index is 0.0162. The number of hydrogen-bond acceptors (Lipinski definition) is 4. The van der Waals surface area contributed by atoms with Gasteiger partial charge in [0.05, 0.1) is 10.7 Å². The molecule has 0 aliphatic carbocycles. The highest BCUT2D eigenvalue weighted by atomic mass is 32.1. The maximum atomic E-state index is 3.96. The van der Waals surface area contributed by atoms with Gasteiger partial charge in [-0.3, -0.25) is 0 Å². The summed E-state index contributed by atoms with van der Waals surface area (Å²) in [6.07, 6.45) is 0. The second-order valence-electron chi connectivity index (χ2n) is 18.5. The molecule has 3 heterocycles. The summed E-state index contributed by atoms with van der Waals surface area (Å²) in [5.41, 5.74) is 14.6. The number of fused-ring (bicyclic) bond motifs is 9. The van der Waals surface area contributed by atoms with Crippen LogP contribution in [-0.2, 0) is 10.8 Å². The molecule has 0 saturated carbocycles. The monoisotopic (exact) mass is 821 g/mol. The van der Waals surface area contributed by atoms with Crippen LogP contribution in [0.4, 0.5) is 27.8 Å². The van der Waals surface area contributed by atoms with Gasteiger partial charge in [-0.05, 0) is 103 Å². The molecular formula is C56H46BN2S2. The van der Waals surface area contributed by atoms with E-state index in [9.17, 15) is 0 Å². The predicted octanol–water partition coefficient (Wildman–Crippen LogP) is 15.5. The molecule has 0 bridgehead atoms. The van der Waals surface area contributed by atoms with E-state index in [0.717, 1.165) is 11.4 Å². The average molecular weight is 822 g/mol. The Morgan fingerprint density at radius 3 is 1.89 bits per heavy atom. The molecule has 5 heteroatoms. The fourth-order valence-corrected chi connectivity index (χ4v) is 11.7. The summed E-state index contributed by atoms with van der Waals surface area (Å²) in [4.78, 5) is 2.61. The Bertz CT molecular complexity index is 3330. The molecule has 61 heavy (non-hydrogen) atoms. The summed E-state index contributed by atoms with van der Waals surface area (Å²) < 4.78 is 3.87. The number of benzene rings is 8. The van der Waals surface area contributed by atoms with E-state index >= 15 is 0 Å². The molecule has 8 aromatic carbocycles. The molecule has 2 aromatic heterocycles. The normalized spacial score (nSPS) is 12.9. The van der Waals surface area contributed by atoms with E-state index in [0.29, 0.717) is 0 Å². The lowest BCUT2D eigenvalue weighted by atomic mass is 9.58. The number of hydrogen-bond donors (Lipinski definition) is 1. The van der Waals surface area contributed by atoms with Crippen molar-refractivity contribution in [2.75, 3.05) is 10.2 Å². The predicted molar refractivity (Wildman–Crippen MR) is 270 cm³/mol. The van der Waals surface area contributed by atoms with E-state index < -0.39 is 0 Å². The van der Waals surface area contributed by atoms with Gasteiger partial charge in [-0.15, -0.1) is 22.7 Å². The summed E-state index contributed by atoms with van der Waals surface area (Å²) in [7, 11) is 2.50. The van der Waals surface area contributed by atoms with Crippen molar-refractivity contribution < 1.29 is 0 Å². The summed E-state index contributed by atoms with van der Waals surface area (Å²) in [6, 6.07) is 61.0. The Morgan fingerprint density at radius 1 is 0.508 bits per heavy atom. The van der Waals surface area contributed by atoms with Gasteiger partial charge in [0.15, 0.2) is 7.28 Å². The Morgan fingerprint density at radius 2 is 1.15 bits per heavy atom. The second kappa shape index (κ2) is 14.2. The quantitative estimate of drug-likeness (QED) is 0.174. The largest absolute Gasteiger partial charge is 0.355 e. The molecule has 1 N–H and O–H groups in total. The fourth-order valence-electron chi connectivity index (χ4n) is 9.19. The maximum absolute atomic E-state index is 3.96. The van der Waals surface area contributed by atoms with Crippen LogP contribution in [0.15, 0.2) is 164 Å². The molecule has 1 radical (unpaired) electrons. The van der Waals surface area contributed by atoms with Crippen molar-refractivity contribution in [1.82, 2.24) is 0 Å². The van der Waals surface area contributed by atoms with Crippen LogP contribution in [0.5, 0.6) is 0 Å². The SMILES string of the molecule is CC(C)(C)c1ccc(Nc2ccc3c(sc4ccccc43)c2-c2cc3ccccc3c3c2[B]c2c(sc4ccccc24)N3c2ccc(C(C)(C)C)cc2-c2ccccc2)cc1. The third-order valence-corrected chi connectivity index (χ3v) is 14.8. The van der Waals surface area contributed by atoms with Crippen molar-refractivity contribution in [3.8, 4) is 22.3 Å². The zero-order chi connectivity index (χ0) is 41.6. The van der Waals surface area contributed by atoms with E-state index in [1.165, 1.54) is 102 Å². The maximum Gasteiger partial charge on any atom is 0.199 e. The Labute approximate surface area is 367 Å². The molecule has 1 aliphatic rings. The van der Waals surface area contributed by atoms with E-state index in [1.807, 2.05) is 22.7 Å². The number of anilines is 5. The van der Waals surface area contributed by atoms with E-state index in [1.54, 1.807) is 0 Å². The molecule has 11 rings (SSSR count). The zero-order valence-corrected chi connectivity index (χ0v) is 37.1. The average Bonchev–Trinajstić information content (AvgIpc) is 3.83. The van der Waals surface area contributed by atoms with E-state index in [4.69, 9.17) is 0 Å². The third kappa shape index (κ3) is 6.37. The summed E-state index contributed by atoms with van der Waals surface area (Å²) in [5, 5.41) is 11.5. The molecule has 0 amide bonds. The van der Waals surface area contributed by atoms with Crippen molar-refractivity contribution in [3.63, 3.8) is 0 Å². The molecule has 0 fully saturated rings. The first-order chi connectivity index (χ1) is 29.5. The summed E-state index contributed by atoms with van der Waals surface area (Å²) in [6.45, 7) is 13.8. The van der Waals surface area contributed by atoms with Gasteiger partial charge >= 0.3 is 0 Å². The number of rotatable bonds is 5. The van der Waals surface area contributed by atoms with E-state index in [2.05, 4.69) is 223 Å². The number of nitrogens with one attached hydrogen (secondary N) is 1. The molecular weight excluding hydrogens is 776 g/mol. The Balaban J connectivity index is 1.24. The number of nitrogens with zero attached hydrogens (tertiary/aromatic N) is 1. The molecule has 1 aliphatic heterocycles. The lowest BCUT2D eigenvalue weighted by molar-refractivity contribution is 0.590. The van der Waals surface area contributed by atoms with Gasteiger partial charge in [0.1, 0.15) is 0 Å². The Hall–Kier alpha value is -6.14. The zero-order valence-electron chi connectivity index (χ0n) is 35.4. The van der Waals surface area contributed by atoms with Gasteiger partial charge < -0.3 is 10.2 Å². The van der Waals surface area contributed by atoms with Crippen LogP contribution in [0.25, 0.3) is 63.3 Å². The van der Waals surface area contributed by atoms with Crippen LogP contribution in [0.1, 0.15) is 52.7 Å². The topological polar surface area (TPSA) is 15.3 Å². The third-order valence-electron chi connectivity index (χ3n) is 12.4. The first-order valence-electron chi connectivity index (χ1n) is 21.3. The van der Waals surface area contributed by atoms with Crippen molar-refractivity contribution in [3.05, 3.63) is 175 Å². The van der Waals surface area contributed by atoms with Crippen molar-refractivity contribution in [1.29, 1.82) is 0 Å². The van der Waals surface area contributed by atoms with E-state index in [-0.39, 0.29) is 10.8 Å². The fraction of sp³-hybridized carbons (Fsp3) is 0.143. The van der Waals surface area contributed by atoms with Crippen LogP contribution in [0, 0.1) is 0 Å². The molecule has 2 nitrogen and oxygen atoms in total. The molecule has 0 unspecified atom stereocenters. The van der Waals surface area contributed by atoms with Crippen LogP contribution in [0.3, 0.4) is 0 Å². The van der Waals surface area contributed by atoms with Crippen molar-refractivity contribution in [2.45, 2.75) is 52.4 Å². The molecule has 0 atom stereocenters. The molecule has 0 spiro atoms. The molecule has 295 valence electrons. The summed E-state index contributed by atoms with van der Waals surface area (Å²) >= 11 is 3.78. The van der Waals surface area contributed by atoms with Gasteiger partial charge in [-0.2, -0.15) is 0 Å². The smallest absolute Gasteiger partial charge is 0.199 e. The van der Waals surface area contributed by atoms with Crippen molar-refractivity contribution >= 4 is 110 Å². The standard InChI is InChI=1S/C56H46BN2S2/c1-55(2,3)36-24-27-38(28-25-36)58-45-30-29-41-40-20-12-14-22-47(40)60-53(41)49(45)44-32-35-18-10-11-19-39(35)52-50(44)57-51-42-21-13-15-23-48(42)61-54(51)59(52)46-31-26-37(56(4,5)6)33-43(46)34-16-8-7-9-17-34/h7-33,58H,1-6H3.